The molecular weight excluding hydrogens is 494 g/mol. The minimum Gasteiger partial charge on any atom is -0.447 e. The van der Waals surface area contributed by atoms with E-state index in [1.165, 1.54) is 6.39 Å². The van der Waals surface area contributed by atoms with E-state index in [0.717, 1.165) is 16.6 Å². The lowest BCUT2D eigenvalue weighted by atomic mass is 9.90. The molecule has 3 heterocycles. The zero-order chi connectivity index (χ0) is 27.7. The highest BCUT2D eigenvalue weighted by Gasteiger charge is 2.45. The Labute approximate surface area is 227 Å². The van der Waals surface area contributed by atoms with Gasteiger partial charge in [0.1, 0.15) is 11.2 Å². The summed E-state index contributed by atoms with van der Waals surface area (Å²) in [6, 6.07) is 15.4. The van der Waals surface area contributed by atoms with Gasteiger partial charge in [-0.3, -0.25) is 19.3 Å². The third-order valence-electron chi connectivity index (χ3n) is 7.44. The number of anilines is 2. The molecule has 0 unspecified atom stereocenters. The van der Waals surface area contributed by atoms with Gasteiger partial charge in [0, 0.05) is 44.8 Å². The molecule has 0 atom stereocenters. The fraction of sp³-hybridized carbons (Fsp3) is 0.333. The van der Waals surface area contributed by atoms with Crippen LogP contribution in [0.2, 0.25) is 0 Å². The quantitative estimate of drug-likeness (QED) is 0.321. The van der Waals surface area contributed by atoms with Crippen LogP contribution >= 0.6 is 0 Å². The molecule has 0 aliphatic carbocycles. The summed E-state index contributed by atoms with van der Waals surface area (Å²) in [5.74, 6) is 0.268. The average Bonchev–Trinajstić information content (AvgIpc) is 3.44. The number of rotatable bonds is 8. The highest BCUT2D eigenvalue weighted by atomic mass is 16.3. The van der Waals surface area contributed by atoms with Gasteiger partial charge in [0.05, 0.1) is 24.1 Å². The van der Waals surface area contributed by atoms with Gasteiger partial charge in [0.2, 0.25) is 11.8 Å². The Morgan fingerprint density at radius 3 is 2.51 bits per heavy atom. The van der Waals surface area contributed by atoms with Gasteiger partial charge in [0.25, 0.3) is 5.56 Å². The molecule has 0 bridgehead atoms. The molecule has 9 nitrogen and oxygen atoms in total. The van der Waals surface area contributed by atoms with Crippen LogP contribution in [0.15, 0.2) is 76.5 Å². The molecule has 0 radical (unpaired) electrons. The van der Waals surface area contributed by atoms with E-state index in [0.29, 0.717) is 49.6 Å². The molecule has 1 aliphatic rings. The fourth-order valence-electron chi connectivity index (χ4n) is 5.21. The summed E-state index contributed by atoms with van der Waals surface area (Å²) in [5, 5.41) is 1.61. The topological polar surface area (TPSA) is 91.9 Å². The Hall–Kier alpha value is -4.24. The molecule has 39 heavy (non-hydrogen) atoms. The number of fused-ring (bicyclic) bond motifs is 2. The predicted octanol–water partition coefficient (Wildman–Crippen LogP) is 4.05. The molecule has 0 saturated heterocycles. The number of nitrogens with zero attached hydrogens (tertiary/aromatic N) is 5. The number of carbonyl (C=O) groups excluding carboxylic acids is 2. The number of aromatic nitrogens is 2. The SMILES string of the molecule is CCN1C(=O)C(C)(C)C(=O)N(C)c2cc(CN(CCn3ccc4ccccc4c3=O)Cc3cnco3)ccc21. The molecule has 5 rings (SSSR count). The second kappa shape index (κ2) is 10.5. The first-order valence-corrected chi connectivity index (χ1v) is 13.1. The Kier molecular flexibility index (Phi) is 7.10. The van der Waals surface area contributed by atoms with E-state index >= 15 is 0 Å². The van der Waals surface area contributed by atoms with Crippen LogP contribution in [-0.2, 0) is 29.2 Å². The van der Waals surface area contributed by atoms with Crippen molar-refractivity contribution >= 4 is 34.0 Å². The van der Waals surface area contributed by atoms with E-state index in [-0.39, 0.29) is 17.4 Å². The molecule has 0 spiro atoms. The molecule has 0 saturated carbocycles. The van der Waals surface area contributed by atoms with Gasteiger partial charge in [-0.15, -0.1) is 0 Å². The van der Waals surface area contributed by atoms with Gasteiger partial charge in [-0.05, 0) is 56.0 Å². The molecule has 202 valence electrons. The molecule has 0 N–H and O–H groups in total. The average molecular weight is 528 g/mol. The van der Waals surface area contributed by atoms with Crippen LogP contribution in [0.3, 0.4) is 0 Å². The summed E-state index contributed by atoms with van der Waals surface area (Å²) in [6.07, 6.45) is 4.92. The van der Waals surface area contributed by atoms with Crippen molar-refractivity contribution in [2.24, 2.45) is 5.41 Å². The molecule has 1 aliphatic heterocycles. The number of hydrogen-bond acceptors (Lipinski definition) is 6. The van der Waals surface area contributed by atoms with Gasteiger partial charge in [0.15, 0.2) is 6.39 Å². The van der Waals surface area contributed by atoms with Crippen LogP contribution in [0.4, 0.5) is 11.4 Å². The molecule has 2 aromatic heterocycles. The Bertz CT molecular complexity index is 1570. The van der Waals surface area contributed by atoms with Gasteiger partial charge >= 0.3 is 0 Å². The summed E-state index contributed by atoms with van der Waals surface area (Å²) in [6.45, 7) is 7.85. The normalized spacial score (nSPS) is 15.2. The van der Waals surface area contributed by atoms with Crippen molar-refractivity contribution in [1.29, 1.82) is 0 Å². The summed E-state index contributed by atoms with van der Waals surface area (Å²) >= 11 is 0. The number of benzene rings is 2. The summed E-state index contributed by atoms with van der Waals surface area (Å²) < 4.78 is 7.25. The van der Waals surface area contributed by atoms with Gasteiger partial charge in [-0.25, -0.2) is 4.98 Å². The maximum Gasteiger partial charge on any atom is 0.258 e. The second-order valence-corrected chi connectivity index (χ2v) is 10.4. The lowest BCUT2D eigenvalue weighted by molar-refractivity contribution is -0.137. The molecule has 9 heteroatoms. The Morgan fingerprint density at radius 1 is 0.974 bits per heavy atom. The number of hydrogen-bond donors (Lipinski definition) is 0. The van der Waals surface area contributed by atoms with E-state index in [4.69, 9.17) is 4.42 Å². The van der Waals surface area contributed by atoms with E-state index in [9.17, 15) is 14.4 Å². The molecule has 2 aromatic carbocycles. The van der Waals surface area contributed by atoms with Crippen LogP contribution in [-0.4, -0.2) is 46.4 Å². The van der Waals surface area contributed by atoms with E-state index in [2.05, 4.69) is 9.88 Å². The maximum atomic E-state index is 13.2. The van der Waals surface area contributed by atoms with Crippen LogP contribution in [0.25, 0.3) is 10.8 Å². The number of carbonyl (C=O) groups is 2. The van der Waals surface area contributed by atoms with Crippen molar-refractivity contribution in [1.82, 2.24) is 14.5 Å². The first-order chi connectivity index (χ1) is 18.7. The molecule has 0 fully saturated rings. The third-order valence-corrected chi connectivity index (χ3v) is 7.44. The van der Waals surface area contributed by atoms with Crippen molar-refractivity contribution in [2.45, 2.75) is 40.4 Å². The Morgan fingerprint density at radius 2 is 1.77 bits per heavy atom. The van der Waals surface area contributed by atoms with Gasteiger partial charge in [-0.1, -0.05) is 24.3 Å². The zero-order valence-corrected chi connectivity index (χ0v) is 22.8. The van der Waals surface area contributed by atoms with Crippen molar-refractivity contribution in [3.05, 3.63) is 89.0 Å². The molecular formula is C30H33N5O4. The highest BCUT2D eigenvalue weighted by molar-refractivity contribution is 6.19. The Balaban J connectivity index is 1.43. The zero-order valence-electron chi connectivity index (χ0n) is 22.8. The number of pyridine rings is 1. The van der Waals surface area contributed by atoms with E-state index in [1.54, 1.807) is 41.5 Å². The standard InChI is InChI=1S/C30H33N5O4/c1-5-35-25-11-10-21(16-26(25)32(4)28(37)30(2,3)29(35)38)18-33(19-23-17-31-20-39-23)14-15-34-13-12-22-8-6-7-9-24(22)27(34)36/h6-13,16-17,20H,5,14-15,18-19H2,1-4H3. The van der Waals surface area contributed by atoms with Crippen molar-refractivity contribution in [3.63, 3.8) is 0 Å². The first-order valence-electron chi connectivity index (χ1n) is 13.1. The molecule has 2 amide bonds. The van der Waals surface area contributed by atoms with Crippen molar-refractivity contribution in [3.8, 4) is 0 Å². The third kappa shape index (κ3) is 4.97. The largest absolute Gasteiger partial charge is 0.447 e. The summed E-state index contributed by atoms with van der Waals surface area (Å²) in [4.78, 5) is 49.0. The maximum absolute atomic E-state index is 13.2. The predicted molar refractivity (Wildman–Crippen MR) is 150 cm³/mol. The van der Waals surface area contributed by atoms with E-state index in [1.807, 2.05) is 61.7 Å². The van der Waals surface area contributed by atoms with Crippen molar-refractivity contribution < 1.29 is 14.0 Å². The monoisotopic (exact) mass is 527 g/mol. The smallest absolute Gasteiger partial charge is 0.258 e. The number of oxazole rings is 1. The van der Waals surface area contributed by atoms with Gasteiger partial charge < -0.3 is 18.8 Å². The summed E-state index contributed by atoms with van der Waals surface area (Å²) in [5.41, 5.74) is 1.21. The lowest BCUT2D eigenvalue weighted by Crippen LogP contribution is -2.47. The lowest BCUT2D eigenvalue weighted by Gasteiger charge is -2.27. The van der Waals surface area contributed by atoms with Crippen LogP contribution in [0, 0.1) is 5.41 Å². The molecule has 4 aromatic rings. The van der Waals surface area contributed by atoms with E-state index < -0.39 is 5.41 Å². The van der Waals surface area contributed by atoms with Crippen LogP contribution in [0.5, 0.6) is 0 Å². The first kappa shape index (κ1) is 26.4. The van der Waals surface area contributed by atoms with Crippen LogP contribution < -0.4 is 15.4 Å². The van der Waals surface area contributed by atoms with Crippen molar-refractivity contribution in [2.75, 3.05) is 29.9 Å². The number of amides is 2. The minimum absolute atomic E-state index is 0.0233. The van der Waals surface area contributed by atoms with Crippen LogP contribution in [0.1, 0.15) is 32.1 Å². The minimum atomic E-state index is -1.16. The summed E-state index contributed by atoms with van der Waals surface area (Å²) in [7, 11) is 1.72. The second-order valence-electron chi connectivity index (χ2n) is 10.4. The fourth-order valence-corrected chi connectivity index (χ4v) is 5.21. The highest BCUT2D eigenvalue weighted by Crippen LogP contribution is 2.39. The van der Waals surface area contributed by atoms with Gasteiger partial charge in [-0.2, -0.15) is 0 Å².